The number of rotatable bonds is 7. The van der Waals surface area contributed by atoms with Gasteiger partial charge in [0.1, 0.15) is 17.3 Å². The number of methoxy groups -OCH3 is 2. The van der Waals surface area contributed by atoms with Gasteiger partial charge >= 0.3 is 0 Å². The normalized spacial score (nSPS) is 10.6. The Morgan fingerprint density at radius 2 is 1.82 bits per heavy atom. The smallest absolute Gasteiger partial charge is 0.287 e. The van der Waals surface area contributed by atoms with Gasteiger partial charge in [-0.15, -0.1) is 0 Å². The first-order chi connectivity index (χ1) is 13.5. The number of benzene rings is 2. The number of carbonyl (C=O) groups is 1. The van der Waals surface area contributed by atoms with Crippen LogP contribution >= 0.6 is 0 Å². The van der Waals surface area contributed by atoms with E-state index in [1.807, 2.05) is 36.4 Å². The van der Waals surface area contributed by atoms with E-state index in [-0.39, 0.29) is 5.91 Å². The summed E-state index contributed by atoms with van der Waals surface area (Å²) in [4.78, 5) is 12.5. The highest BCUT2D eigenvalue weighted by Gasteiger charge is 2.14. The van der Waals surface area contributed by atoms with Crippen molar-refractivity contribution in [3.05, 3.63) is 82.3 Å². The van der Waals surface area contributed by atoms with Crippen LogP contribution in [0.5, 0.6) is 11.5 Å². The topological polar surface area (TPSA) is 60.7 Å². The molecular weight excluding hydrogens is 354 g/mol. The van der Waals surface area contributed by atoms with E-state index in [1.165, 1.54) is 11.1 Å². The molecule has 0 bridgehead atoms. The van der Waals surface area contributed by atoms with Crippen LogP contribution in [-0.4, -0.2) is 20.1 Å². The SMILES string of the molecule is COc1ccc(OC)c(Cc2ccc(C(=O)NCc3cccc(C)c3C)o2)c1. The highest BCUT2D eigenvalue weighted by Crippen LogP contribution is 2.27. The summed E-state index contributed by atoms with van der Waals surface area (Å²) in [6.45, 7) is 4.59. The molecule has 5 heteroatoms. The van der Waals surface area contributed by atoms with Crippen molar-refractivity contribution in [3.8, 4) is 11.5 Å². The highest BCUT2D eigenvalue weighted by atomic mass is 16.5. The fraction of sp³-hybridized carbons (Fsp3) is 0.261. The van der Waals surface area contributed by atoms with Gasteiger partial charge in [-0.1, -0.05) is 18.2 Å². The van der Waals surface area contributed by atoms with Crippen LogP contribution in [0.25, 0.3) is 0 Å². The summed E-state index contributed by atoms with van der Waals surface area (Å²) < 4.78 is 16.4. The Morgan fingerprint density at radius 1 is 1.00 bits per heavy atom. The third-order valence-electron chi connectivity index (χ3n) is 4.89. The molecule has 1 amide bonds. The highest BCUT2D eigenvalue weighted by molar-refractivity contribution is 5.91. The maximum Gasteiger partial charge on any atom is 0.287 e. The lowest BCUT2D eigenvalue weighted by atomic mass is 10.0. The van der Waals surface area contributed by atoms with Crippen LogP contribution in [0.15, 0.2) is 52.9 Å². The quantitative estimate of drug-likeness (QED) is 0.659. The van der Waals surface area contributed by atoms with Gasteiger partial charge in [0.25, 0.3) is 5.91 Å². The van der Waals surface area contributed by atoms with Crippen molar-refractivity contribution in [2.24, 2.45) is 0 Å². The summed E-state index contributed by atoms with van der Waals surface area (Å²) in [7, 11) is 3.25. The average molecular weight is 379 g/mol. The minimum absolute atomic E-state index is 0.232. The van der Waals surface area contributed by atoms with E-state index in [1.54, 1.807) is 20.3 Å². The summed E-state index contributed by atoms with van der Waals surface area (Å²) in [6.07, 6.45) is 0.505. The maximum absolute atomic E-state index is 12.5. The molecule has 1 N–H and O–H groups in total. The second-order valence-electron chi connectivity index (χ2n) is 6.66. The minimum atomic E-state index is -0.232. The standard InChI is InChI=1S/C23H25NO4/c1-15-6-5-7-17(16(15)2)14-24-23(25)22-11-9-20(28-22)13-18-12-19(26-3)8-10-21(18)27-4/h5-12H,13-14H2,1-4H3,(H,24,25). The fourth-order valence-electron chi connectivity index (χ4n) is 3.07. The first-order valence-electron chi connectivity index (χ1n) is 9.14. The van der Waals surface area contributed by atoms with E-state index < -0.39 is 0 Å². The molecule has 1 heterocycles. The Bertz CT molecular complexity index is 974. The molecule has 0 unspecified atom stereocenters. The van der Waals surface area contributed by atoms with Crippen molar-refractivity contribution in [2.75, 3.05) is 14.2 Å². The van der Waals surface area contributed by atoms with Gasteiger partial charge in [0, 0.05) is 18.5 Å². The van der Waals surface area contributed by atoms with Crippen molar-refractivity contribution in [1.82, 2.24) is 5.32 Å². The molecule has 0 atom stereocenters. The van der Waals surface area contributed by atoms with Crippen LogP contribution in [0.1, 0.15) is 38.6 Å². The molecule has 0 fully saturated rings. The van der Waals surface area contributed by atoms with Crippen molar-refractivity contribution >= 4 is 5.91 Å². The molecule has 0 aliphatic rings. The molecular formula is C23H25NO4. The van der Waals surface area contributed by atoms with Gasteiger partial charge in [-0.25, -0.2) is 0 Å². The zero-order valence-corrected chi connectivity index (χ0v) is 16.7. The van der Waals surface area contributed by atoms with Crippen LogP contribution in [0.4, 0.5) is 0 Å². The predicted octanol–water partition coefficient (Wildman–Crippen LogP) is 4.43. The van der Waals surface area contributed by atoms with E-state index >= 15 is 0 Å². The number of amides is 1. The second kappa shape index (κ2) is 8.65. The van der Waals surface area contributed by atoms with Gasteiger partial charge in [0.05, 0.1) is 14.2 Å². The molecule has 2 aromatic carbocycles. The molecule has 0 aliphatic carbocycles. The number of furan rings is 1. The number of aryl methyl sites for hydroxylation is 1. The fourth-order valence-corrected chi connectivity index (χ4v) is 3.07. The van der Waals surface area contributed by atoms with Crippen molar-refractivity contribution in [2.45, 2.75) is 26.8 Å². The molecule has 0 spiro atoms. The first kappa shape index (κ1) is 19.5. The third-order valence-corrected chi connectivity index (χ3v) is 4.89. The minimum Gasteiger partial charge on any atom is -0.497 e. The number of hydrogen-bond acceptors (Lipinski definition) is 4. The number of hydrogen-bond donors (Lipinski definition) is 1. The van der Waals surface area contributed by atoms with Gasteiger partial charge in [-0.05, 0) is 60.9 Å². The molecule has 0 aliphatic heterocycles. The lowest BCUT2D eigenvalue weighted by Crippen LogP contribution is -2.22. The molecule has 5 nitrogen and oxygen atoms in total. The van der Waals surface area contributed by atoms with Gasteiger partial charge in [0.2, 0.25) is 0 Å². The molecule has 1 aromatic heterocycles. The predicted molar refractivity (Wildman–Crippen MR) is 108 cm³/mol. The molecule has 0 saturated heterocycles. The van der Waals surface area contributed by atoms with E-state index in [0.29, 0.717) is 24.5 Å². The Labute approximate surface area is 165 Å². The van der Waals surface area contributed by atoms with Gasteiger partial charge in [-0.3, -0.25) is 4.79 Å². The second-order valence-corrected chi connectivity index (χ2v) is 6.66. The van der Waals surface area contributed by atoms with E-state index in [4.69, 9.17) is 13.9 Å². The zero-order chi connectivity index (χ0) is 20.1. The van der Waals surface area contributed by atoms with Crippen molar-refractivity contribution in [1.29, 1.82) is 0 Å². The van der Waals surface area contributed by atoms with E-state index in [9.17, 15) is 4.79 Å². The van der Waals surface area contributed by atoms with E-state index in [0.717, 1.165) is 22.6 Å². The van der Waals surface area contributed by atoms with Crippen LogP contribution < -0.4 is 14.8 Å². The molecule has 146 valence electrons. The largest absolute Gasteiger partial charge is 0.497 e. The van der Waals surface area contributed by atoms with Gasteiger partial charge in [-0.2, -0.15) is 0 Å². The summed E-state index contributed by atoms with van der Waals surface area (Å²) in [5.74, 6) is 2.24. The monoisotopic (exact) mass is 379 g/mol. The van der Waals surface area contributed by atoms with Crippen LogP contribution in [0.3, 0.4) is 0 Å². The summed E-state index contributed by atoms with van der Waals surface area (Å²) in [6, 6.07) is 15.2. The molecule has 3 rings (SSSR count). The lowest BCUT2D eigenvalue weighted by Gasteiger charge is -2.10. The molecule has 3 aromatic rings. The Balaban J connectivity index is 1.68. The molecule has 0 radical (unpaired) electrons. The number of carbonyl (C=O) groups excluding carboxylic acids is 1. The van der Waals surface area contributed by atoms with Gasteiger partial charge < -0.3 is 19.2 Å². The molecule has 28 heavy (non-hydrogen) atoms. The Morgan fingerprint density at radius 3 is 2.57 bits per heavy atom. The Kier molecular flexibility index (Phi) is 6.04. The van der Waals surface area contributed by atoms with Crippen LogP contribution in [0.2, 0.25) is 0 Å². The first-order valence-corrected chi connectivity index (χ1v) is 9.14. The summed E-state index contributed by atoms with van der Waals surface area (Å²) in [5, 5.41) is 2.92. The lowest BCUT2D eigenvalue weighted by molar-refractivity contribution is 0.0921. The van der Waals surface area contributed by atoms with Crippen LogP contribution in [-0.2, 0) is 13.0 Å². The molecule has 0 saturated carbocycles. The number of ether oxygens (including phenoxy) is 2. The van der Waals surface area contributed by atoms with Crippen molar-refractivity contribution < 1.29 is 18.7 Å². The zero-order valence-electron chi connectivity index (χ0n) is 16.7. The van der Waals surface area contributed by atoms with E-state index in [2.05, 4.69) is 25.2 Å². The average Bonchev–Trinajstić information content (AvgIpc) is 3.17. The van der Waals surface area contributed by atoms with Crippen LogP contribution in [0, 0.1) is 13.8 Å². The Hall–Kier alpha value is -3.21. The summed E-state index contributed by atoms with van der Waals surface area (Å²) >= 11 is 0. The van der Waals surface area contributed by atoms with Crippen molar-refractivity contribution in [3.63, 3.8) is 0 Å². The van der Waals surface area contributed by atoms with Gasteiger partial charge in [0.15, 0.2) is 5.76 Å². The summed E-state index contributed by atoms with van der Waals surface area (Å²) in [5.41, 5.74) is 4.42. The number of nitrogens with one attached hydrogen (secondary N) is 1. The third kappa shape index (κ3) is 4.36. The maximum atomic E-state index is 12.5.